The number of amides is 1. The highest BCUT2D eigenvalue weighted by Gasteiger charge is 2.50. The Bertz CT molecular complexity index is 526. The van der Waals surface area contributed by atoms with Crippen molar-refractivity contribution in [3.8, 4) is 0 Å². The maximum absolute atomic E-state index is 12.5. The molecular formula is C13H19N5O. The second-order valence-corrected chi connectivity index (χ2v) is 5.72. The lowest BCUT2D eigenvalue weighted by Crippen LogP contribution is -2.45. The highest BCUT2D eigenvalue weighted by molar-refractivity contribution is 5.98. The van der Waals surface area contributed by atoms with Crippen LogP contribution in [0.4, 0.5) is 5.82 Å². The van der Waals surface area contributed by atoms with Crippen LogP contribution in [0.25, 0.3) is 0 Å². The molecule has 1 aliphatic heterocycles. The van der Waals surface area contributed by atoms with Crippen LogP contribution >= 0.6 is 0 Å². The fourth-order valence-electron chi connectivity index (χ4n) is 3.13. The van der Waals surface area contributed by atoms with Crippen LogP contribution in [0.1, 0.15) is 35.4 Å². The minimum atomic E-state index is -0.100. The van der Waals surface area contributed by atoms with E-state index in [2.05, 4.69) is 9.97 Å². The van der Waals surface area contributed by atoms with Crippen molar-refractivity contribution in [1.29, 1.82) is 0 Å². The molecule has 1 atom stereocenters. The van der Waals surface area contributed by atoms with E-state index in [0.29, 0.717) is 17.9 Å². The second kappa shape index (κ2) is 4.16. The first-order chi connectivity index (χ1) is 9.02. The molecule has 3 rings (SSSR count). The van der Waals surface area contributed by atoms with E-state index in [-0.39, 0.29) is 23.2 Å². The summed E-state index contributed by atoms with van der Waals surface area (Å²) in [5, 5.41) is 0. The molecular weight excluding hydrogens is 242 g/mol. The summed E-state index contributed by atoms with van der Waals surface area (Å²) < 4.78 is 0. The maximum Gasteiger partial charge on any atom is 0.259 e. The minimum absolute atomic E-state index is 0.0813. The zero-order valence-corrected chi connectivity index (χ0v) is 11.1. The summed E-state index contributed by atoms with van der Waals surface area (Å²) in [6, 6.07) is 0.0813. The number of nitrogen functional groups attached to an aromatic ring is 1. The van der Waals surface area contributed by atoms with Gasteiger partial charge in [-0.05, 0) is 19.8 Å². The zero-order valence-electron chi connectivity index (χ0n) is 11.1. The summed E-state index contributed by atoms with van der Waals surface area (Å²) >= 11 is 0. The number of nitrogens with zero attached hydrogens (tertiary/aromatic N) is 3. The van der Waals surface area contributed by atoms with Crippen LogP contribution in [0.5, 0.6) is 0 Å². The molecule has 1 aromatic heterocycles. The minimum Gasteiger partial charge on any atom is -0.383 e. The first-order valence-corrected chi connectivity index (χ1v) is 6.66. The molecule has 0 radical (unpaired) electrons. The SMILES string of the molecule is Cc1ncc(C(=O)N2CC(N)C3(CCC3)C2)c(N)n1. The number of nitrogens with two attached hydrogens (primary N) is 2. The lowest BCUT2D eigenvalue weighted by Gasteiger charge is -2.41. The molecule has 1 aliphatic carbocycles. The van der Waals surface area contributed by atoms with Gasteiger partial charge in [0.1, 0.15) is 17.2 Å². The fourth-order valence-corrected chi connectivity index (χ4v) is 3.13. The largest absolute Gasteiger partial charge is 0.383 e. The van der Waals surface area contributed by atoms with Crippen molar-refractivity contribution in [3.05, 3.63) is 17.6 Å². The van der Waals surface area contributed by atoms with Gasteiger partial charge in [-0.25, -0.2) is 9.97 Å². The van der Waals surface area contributed by atoms with E-state index in [1.165, 1.54) is 12.6 Å². The second-order valence-electron chi connectivity index (χ2n) is 5.72. The topological polar surface area (TPSA) is 98.1 Å². The number of carbonyl (C=O) groups is 1. The van der Waals surface area contributed by atoms with Gasteiger partial charge in [-0.15, -0.1) is 0 Å². The monoisotopic (exact) mass is 261 g/mol. The Labute approximate surface area is 112 Å². The van der Waals surface area contributed by atoms with Crippen LogP contribution < -0.4 is 11.5 Å². The lowest BCUT2D eigenvalue weighted by molar-refractivity contribution is 0.0727. The lowest BCUT2D eigenvalue weighted by atomic mass is 9.66. The molecule has 1 unspecified atom stereocenters. The third-order valence-corrected chi connectivity index (χ3v) is 4.52. The highest BCUT2D eigenvalue weighted by Crippen LogP contribution is 2.47. The van der Waals surface area contributed by atoms with Gasteiger partial charge in [0.25, 0.3) is 5.91 Å². The van der Waals surface area contributed by atoms with Gasteiger partial charge in [-0.2, -0.15) is 0 Å². The van der Waals surface area contributed by atoms with E-state index >= 15 is 0 Å². The van der Waals surface area contributed by atoms with Crippen molar-refractivity contribution < 1.29 is 4.79 Å². The Kier molecular flexibility index (Phi) is 2.70. The van der Waals surface area contributed by atoms with Crippen molar-refractivity contribution >= 4 is 11.7 Å². The molecule has 2 heterocycles. The third-order valence-electron chi connectivity index (χ3n) is 4.52. The van der Waals surface area contributed by atoms with Gasteiger partial charge >= 0.3 is 0 Å². The molecule has 2 fully saturated rings. The predicted octanol–water partition coefficient (Wildman–Crippen LogP) is 0.321. The van der Waals surface area contributed by atoms with Gasteiger partial charge in [-0.1, -0.05) is 6.42 Å². The molecule has 0 aromatic carbocycles. The van der Waals surface area contributed by atoms with Crippen LogP contribution in [0.3, 0.4) is 0 Å². The molecule has 1 aromatic rings. The maximum atomic E-state index is 12.5. The van der Waals surface area contributed by atoms with Gasteiger partial charge in [0.05, 0.1) is 0 Å². The standard InChI is InChI=1S/C13H19N5O/c1-8-16-5-9(11(15)17-8)12(19)18-6-10(14)13(7-18)3-2-4-13/h5,10H,2-4,6-7,14H2,1H3,(H2,15,16,17). The molecule has 1 spiro atoms. The number of aryl methyl sites for hydroxylation is 1. The molecule has 2 aliphatic rings. The van der Waals surface area contributed by atoms with E-state index in [0.717, 1.165) is 19.4 Å². The first-order valence-electron chi connectivity index (χ1n) is 6.66. The van der Waals surface area contributed by atoms with Crippen molar-refractivity contribution in [2.45, 2.75) is 32.2 Å². The molecule has 4 N–H and O–H groups in total. The van der Waals surface area contributed by atoms with E-state index in [9.17, 15) is 4.79 Å². The fraction of sp³-hybridized carbons (Fsp3) is 0.615. The van der Waals surface area contributed by atoms with Crippen LogP contribution in [-0.4, -0.2) is 39.9 Å². The van der Waals surface area contributed by atoms with E-state index in [1.54, 1.807) is 11.8 Å². The molecule has 6 heteroatoms. The number of rotatable bonds is 1. The molecule has 19 heavy (non-hydrogen) atoms. The number of anilines is 1. The number of hydrogen-bond acceptors (Lipinski definition) is 5. The van der Waals surface area contributed by atoms with Crippen molar-refractivity contribution in [3.63, 3.8) is 0 Å². The van der Waals surface area contributed by atoms with Gasteiger partial charge in [0.2, 0.25) is 0 Å². The zero-order chi connectivity index (χ0) is 13.6. The van der Waals surface area contributed by atoms with Crippen molar-refractivity contribution in [2.24, 2.45) is 11.1 Å². The summed E-state index contributed by atoms with van der Waals surface area (Å²) in [6.07, 6.45) is 4.97. The van der Waals surface area contributed by atoms with Gasteiger partial charge in [-0.3, -0.25) is 4.79 Å². The average molecular weight is 261 g/mol. The van der Waals surface area contributed by atoms with Gasteiger partial charge in [0.15, 0.2) is 0 Å². The Morgan fingerprint density at radius 2 is 2.26 bits per heavy atom. The van der Waals surface area contributed by atoms with E-state index in [1.807, 2.05) is 0 Å². The Morgan fingerprint density at radius 1 is 1.53 bits per heavy atom. The Balaban J connectivity index is 1.81. The molecule has 1 saturated heterocycles. The van der Waals surface area contributed by atoms with E-state index < -0.39 is 0 Å². The Hall–Kier alpha value is -1.69. The van der Waals surface area contributed by atoms with Crippen molar-refractivity contribution in [2.75, 3.05) is 18.8 Å². The third kappa shape index (κ3) is 1.87. The number of likely N-dealkylation sites (tertiary alicyclic amines) is 1. The molecule has 1 saturated carbocycles. The Morgan fingerprint density at radius 3 is 2.79 bits per heavy atom. The van der Waals surface area contributed by atoms with E-state index in [4.69, 9.17) is 11.5 Å². The summed E-state index contributed by atoms with van der Waals surface area (Å²) in [5.41, 5.74) is 12.5. The smallest absolute Gasteiger partial charge is 0.259 e. The molecule has 6 nitrogen and oxygen atoms in total. The predicted molar refractivity (Wildman–Crippen MR) is 71.3 cm³/mol. The summed E-state index contributed by atoms with van der Waals surface area (Å²) in [7, 11) is 0. The van der Waals surface area contributed by atoms with Gasteiger partial charge < -0.3 is 16.4 Å². The number of carbonyl (C=O) groups excluding carboxylic acids is 1. The van der Waals surface area contributed by atoms with Crippen LogP contribution in [0, 0.1) is 12.3 Å². The average Bonchev–Trinajstić information content (AvgIpc) is 2.66. The summed E-state index contributed by atoms with van der Waals surface area (Å²) in [6.45, 7) is 3.09. The number of aromatic nitrogens is 2. The summed E-state index contributed by atoms with van der Waals surface area (Å²) in [4.78, 5) is 22.4. The molecule has 0 bridgehead atoms. The van der Waals surface area contributed by atoms with Crippen LogP contribution in [-0.2, 0) is 0 Å². The van der Waals surface area contributed by atoms with Crippen LogP contribution in [0.2, 0.25) is 0 Å². The molecule has 1 amide bonds. The normalized spacial score (nSPS) is 24.5. The first kappa shape index (κ1) is 12.3. The number of hydrogen-bond donors (Lipinski definition) is 2. The van der Waals surface area contributed by atoms with Gasteiger partial charge in [0, 0.05) is 30.7 Å². The summed E-state index contributed by atoms with van der Waals surface area (Å²) in [5.74, 6) is 0.722. The quantitative estimate of drug-likeness (QED) is 0.758. The highest BCUT2D eigenvalue weighted by atomic mass is 16.2. The molecule has 102 valence electrons. The van der Waals surface area contributed by atoms with Crippen LogP contribution in [0.15, 0.2) is 6.20 Å². The van der Waals surface area contributed by atoms with Crippen molar-refractivity contribution in [1.82, 2.24) is 14.9 Å².